The van der Waals surface area contributed by atoms with E-state index in [1.807, 2.05) is 13.8 Å². The van der Waals surface area contributed by atoms with E-state index >= 15 is 0 Å². The highest BCUT2D eigenvalue weighted by molar-refractivity contribution is 6.14. The van der Waals surface area contributed by atoms with Crippen LogP contribution in [0.1, 0.15) is 31.9 Å². The number of hydrogen-bond donors (Lipinski definition) is 0. The number of rotatable bonds is 2. The zero-order valence-electron chi connectivity index (χ0n) is 8.69. The summed E-state index contributed by atoms with van der Waals surface area (Å²) in [6.07, 6.45) is -0.0300. The van der Waals surface area contributed by atoms with Crippen LogP contribution in [0.25, 0.3) is 0 Å². The maximum Gasteiger partial charge on any atom is 0.237 e. The normalized spacial score (nSPS) is 16.9. The number of Topliss-reactive ketones (excluding diaryl/α,β-unsaturated/α-hetero) is 1. The number of nitrogens with zero attached hydrogens (tertiary/aromatic N) is 2. The van der Waals surface area contributed by atoms with Gasteiger partial charge in [-0.25, -0.2) is 0 Å². The van der Waals surface area contributed by atoms with Gasteiger partial charge in [0.2, 0.25) is 11.8 Å². The summed E-state index contributed by atoms with van der Waals surface area (Å²) >= 11 is 0. The molecule has 2 rings (SSSR count). The van der Waals surface area contributed by atoms with Crippen LogP contribution in [0, 0.1) is 0 Å². The number of aromatic nitrogens is 1. The number of amides is 1. The molecule has 0 saturated carbocycles. The Labute approximate surface area is 87.0 Å². The Balaban J connectivity index is 2.23. The van der Waals surface area contributed by atoms with Crippen LogP contribution in [0.5, 0.6) is 0 Å². The number of ketones is 1. The lowest BCUT2D eigenvalue weighted by Gasteiger charge is -2.07. The predicted molar refractivity (Wildman–Crippen MR) is 52.6 cm³/mol. The summed E-state index contributed by atoms with van der Waals surface area (Å²) in [6.45, 7) is 4.07. The molecule has 1 aliphatic rings. The average molecular weight is 208 g/mol. The van der Waals surface area contributed by atoms with E-state index in [-0.39, 0.29) is 30.6 Å². The minimum atomic E-state index is -0.216. The van der Waals surface area contributed by atoms with Crippen molar-refractivity contribution in [3.63, 3.8) is 0 Å². The molecule has 5 nitrogen and oxygen atoms in total. The molecule has 0 spiro atoms. The highest BCUT2D eigenvalue weighted by Crippen LogP contribution is 2.23. The molecule has 1 fully saturated rings. The minimum Gasteiger partial charge on any atom is -0.338 e. The topological polar surface area (TPSA) is 63.4 Å². The van der Waals surface area contributed by atoms with Gasteiger partial charge < -0.3 is 4.52 Å². The SMILES string of the molecule is CC(C)c1cc(N2CC(=O)CC2=O)on1. The molecular weight excluding hydrogens is 196 g/mol. The van der Waals surface area contributed by atoms with Crippen LogP contribution in [0.4, 0.5) is 5.88 Å². The van der Waals surface area contributed by atoms with E-state index in [0.717, 1.165) is 5.69 Å². The van der Waals surface area contributed by atoms with Gasteiger partial charge in [0.15, 0.2) is 5.78 Å². The van der Waals surface area contributed by atoms with Crippen molar-refractivity contribution in [1.29, 1.82) is 0 Å². The van der Waals surface area contributed by atoms with Crippen molar-refractivity contribution in [1.82, 2.24) is 5.16 Å². The Morgan fingerprint density at radius 1 is 1.47 bits per heavy atom. The molecule has 1 aliphatic heterocycles. The molecule has 1 aromatic rings. The first-order valence-electron chi connectivity index (χ1n) is 4.86. The molecule has 1 aromatic heterocycles. The summed E-state index contributed by atoms with van der Waals surface area (Å²) in [5, 5.41) is 3.84. The molecule has 0 aromatic carbocycles. The molecule has 0 atom stereocenters. The third kappa shape index (κ3) is 1.77. The molecule has 1 amide bonds. The molecule has 0 N–H and O–H groups in total. The van der Waals surface area contributed by atoms with Crippen molar-refractivity contribution >= 4 is 17.6 Å². The Bertz CT molecular complexity index is 409. The van der Waals surface area contributed by atoms with Gasteiger partial charge in [-0.2, -0.15) is 0 Å². The lowest BCUT2D eigenvalue weighted by molar-refractivity contribution is -0.121. The van der Waals surface area contributed by atoms with Crippen LogP contribution in [-0.2, 0) is 9.59 Å². The highest BCUT2D eigenvalue weighted by atomic mass is 16.5. The Kier molecular flexibility index (Phi) is 2.30. The van der Waals surface area contributed by atoms with Crippen LogP contribution < -0.4 is 4.90 Å². The molecule has 80 valence electrons. The van der Waals surface area contributed by atoms with E-state index < -0.39 is 0 Å². The van der Waals surface area contributed by atoms with Crippen LogP contribution in [0.3, 0.4) is 0 Å². The molecule has 2 heterocycles. The van der Waals surface area contributed by atoms with Gasteiger partial charge in [0, 0.05) is 6.07 Å². The van der Waals surface area contributed by atoms with E-state index in [1.54, 1.807) is 6.07 Å². The van der Waals surface area contributed by atoms with E-state index in [9.17, 15) is 9.59 Å². The van der Waals surface area contributed by atoms with Crippen molar-refractivity contribution in [2.45, 2.75) is 26.2 Å². The lowest BCUT2D eigenvalue weighted by Crippen LogP contribution is -2.23. The maximum atomic E-state index is 11.4. The second kappa shape index (κ2) is 3.49. The number of carbonyl (C=O) groups excluding carboxylic acids is 2. The van der Waals surface area contributed by atoms with Gasteiger partial charge in [-0.15, -0.1) is 0 Å². The first-order chi connectivity index (χ1) is 7.08. The Morgan fingerprint density at radius 2 is 2.20 bits per heavy atom. The number of carbonyl (C=O) groups is 2. The summed E-state index contributed by atoms with van der Waals surface area (Å²) in [6, 6.07) is 1.71. The average Bonchev–Trinajstić information content (AvgIpc) is 2.71. The Hall–Kier alpha value is -1.65. The second-order valence-corrected chi connectivity index (χ2v) is 3.94. The number of anilines is 1. The van der Waals surface area contributed by atoms with Gasteiger partial charge in [-0.05, 0) is 5.92 Å². The summed E-state index contributed by atoms with van der Waals surface area (Å²) in [7, 11) is 0. The highest BCUT2D eigenvalue weighted by Gasteiger charge is 2.31. The largest absolute Gasteiger partial charge is 0.338 e. The molecule has 5 heteroatoms. The smallest absolute Gasteiger partial charge is 0.237 e. The quantitative estimate of drug-likeness (QED) is 0.683. The molecular formula is C10H12N2O3. The minimum absolute atomic E-state index is 0.0300. The third-order valence-electron chi connectivity index (χ3n) is 2.36. The van der Waals surface area contributed by atoms with Crippen LogP contribution >= 0.6 is 0 Å². The van der Waals surface area contributed by atoms with Crippen molar-refractivity contribution in [3.05, 3.63) is 11.8 Å². The first-order valence-corrected chi connectivity index (χ1v) is 4.86. The zero-order chi connectivity index (χ0) is 11.0. The van der Waals surface area contributed by atoms with E-state index in [2.05, 4.69) is 5.16 Å². The molecule has 0 bridgehead atoms. The fourth-order valence-electron chi connectivity index (χ4n) is 1.46. The fraction of sp³-hybridized carbons (Fsp3) is 0.500. The van der Waals surface area contributed by atoms with Crippen molar-refractivity contribution in [2.75, 3.05) is 11.4 Å². The van der Waals surface area contributed by atoms with Gasteiger partial charge in [0.25, 0.3) is 0 Å². The van der Waals surface area contributed by atoms with Gasteiger partial charge in [-0.1, -0.05) is 19.0 Å². The van der Waals surface area contributed by atoms with Gasteiger partial charge >= 0.3 is 0 Å². The zero-order valence-corrected chi connectivity index (χ0v) is 8.69. The summed E-state index contributed by atoms with van der Waals surface area (Å²) < 4.78 is 5.03. The monoisotopic (exact) mass is 208 g/mol. The van der Waals surface area contributed by atoms with Crippen molar-refractivity contribution < 1.29 is 14.1 Å². The second-order valence-electron chi connectivity index (χ2n) is 3.94. The third-order valence-corrected chi connectivity index (χ3v) is 2.36. The van der Waals surface area contributed by atoms with Gasteiger partial charge in [-0.3, -0.25) is 14.5 Å². The molecule has 0 aliphatic carbocycles. The van der Waals surface area contributed by atoms with Gasteiger partial charge in [0.1, 0.15) is 0 Å². The predicted octanol–water partition coefficient (Wildman–Crippen LogP) is 1.10. The maximum absolute atomic E-state index is 11.4. The Morgan fingerprint density at radius 3 is 2.67 bits per heavy atom. The van der Waals surface area contributed by atoms with Crippen molar-refractivity contribution in [2.24, 2.45) is 0 Å². The lowest BCUT2D eigenvalue weighted by atomic mass is 10.1. The van der Waals surface area contributed by atoms with Crippen LogP contribution in [0.2, 0.25) is 0 Å². The van der Waals surface area contributed by atoms with Gasteiger partial charge in [0.05, 0.1) is 18.7 Å². The standard InChI is InChI=1S/C10H12N2O3/c1-6(2)8-4-10(15-11-8)12-5-7(13)3-9(12)14/h4,6H,3,5H2,1-2H3. The van der Waals surface area contributed by atoms with E-state index in [0.29, 0.717) is 5.88 Å². The van der Waals surface area contributed by atoms with E-state index in [1.165, 1.54) is 4.90 Å². The fourth-order valence-corrected chi connectivity index (χ4v) is 1.46. The first kappa shape index (κ1) is 9.89. The van der Waals surface area contributed by atoms with Crippen molar-refractivity contribution in [3.8, 4) is 0 Å². The summed E-state index contributed by atoms with van der Waals surface area (Å²) in [5.74, 6) is 0.319. The summed E-state index contributed by atoms with van der Waals surface area (Å²) in [4.78, 5) is 23.8. The summed E-state index contributed by atoms with van der Waals surface area (Å²) in [5.41, 5.74) is 0.789. The van der Waals surface area contributed by atoms with Crippen LogP contribution in [-0.4, -0.2) is 23.4 Å². The van der Waals surface area contributed by atoms with E-state index in [4.69, 9.17) is 4.52 Å². The number of hydrogen-bond acceptors (Lipinski definition) is 4. The molecule has 1 saturated heterocycles. The molecule has 0 unspecified atom stereocenters. The molecule has 0 radical (unpaired) electrons. The molecule has 15 heavy (non-hydrogen) atoms. The van der Waals surface area contributed by atoms with Crippen LogP contribution in [0.15, 0.2) is 10.6 Å².